The second-order valence-electron chi connectivity index (χ2n) is 3.81. The van der Waals surface area contributed by atoms with Gasteiger partial charge in [-0.05, 0) is 25.2 Å². The molecule has 2 nitrogen and oxygen atoms in total. The van der Waals surface area contributed by atoms with E-state index in [1.54, 1.807) is 7.11 Å². The van der Waals surface area contributed by atoms with Gasteiger partial charge in [0.05, 0.1) is 12.2 Å². The largest absolute Gasteiger partial charge is 0.390 e. The number of aliphatic hydroxyl groups excluding tert-OH is 1. The summed E-state index contributed by atoms with van der Waals surface area (Å²) in [4.78, 5) is 0. The minimum absolute atomic E-state index is 0.0929. The minimum Gasteiger partial charge on any atom is -0.390 e. The first kappa shape index (κ1) is 10.0. The van der Waals surface area contributed by atoms with Crippen molar-refractivity contribution in [1.29, 1.82) is 0 Å². The van der Waals surface area contributed by atoms with E-state index in [0.717, 1.165) is 18.8 Å². The molecule has 1 N–H and O–H groups in total. The first-order valence-electron chi connectivity index (χ1n) is 4.98. The molecule has 1 fully saturated rings. The molecule has 0 heterocycles. The van der Waals surface area contributed by atoms with Gasteiger partial charge >= 0.3 is 0 Å². The third-order valence-electron chi connectivity index (χ3n) is 2.87. The Morgan fingerprint density at radius 1 is 1.42 bits per heavy atom. The quantitative estimate of drug-likeness (QED) is 0.705. The van der Waals surface area contributed by atoms with E-state index in [0.29, 0.717) is 0 Å². The number of hydrogen-bond donors (Lipinski definition) is 1. The van der Waals surface area contributed by atoms with Crippen LogP contribution in [-0.4, -0.2) is 24.4 Å². The second-order valence-corrected chi connectivity index (χ2v) is 3.81. The third-order valence-corrected chi connectivity index (χ3v) is 2.87. The van der Waals surface area contributed by atoms with Crippen molar-refractivity contribution in [2.24, 2.45) is 5.92 Å². The molecule has 1 aliphatic carbocycles. The number of ether oxygens (including phenoxy) is 1. The van der Waals surface area contributed by atoms with E-state index in [4.69, 9.17) is 4.74 Å². The van der Waals surface area contributed by atoms with Gasteiger partial charge in [0.15, 0.2) is 0 Å². The highest BCUT2D eigenvalue weighted by molar-refractivity contribution is 4.79. The maximum atomic E-state index is 9.53. The molecule has 1 aliphatic rings. The standard InChI is InChI=1S/C10H20O2/c1-3-4-8-5-6-9(11)10(7-8)12-2/h8-11H,3-7H2,1-2H3/t8-,9-,10+/m1/s1. The minimum atomic E-state index is -0.219. The Kier molecular flexibility index (Phi) is 4.02. The van der Waals surface area contributed by atoms with E-state index in [-0.39, 0.29) is 12.2 Å². The Morgan fingerprint density at radius 2 is 2.17 bits per heavy atom. The summed E-state index contributed by atoms with van der Waals surface area (Å²) in [6, 6.07) is 0. The monoisotopic (exact) mass is 172 g/mol. The van der Waals surface area contributed by atoms with Crippen LogP contribution in [0.5, 0.6) is 0 Å². The first-order valence-corrected chi connectivity index (χ1v) is 4.98. The lowest BCUT2D eigenvalue weighted by molar-refractivity contribution is -0.0513. The topological polar surface area (TPSA) is 29.5 Å². The average molecular weight is 172 g/mol. The predicted octanol–water partition coefficient (Wildman–Crippen LogP) is 1.96. The van der Waals surface area contributed by atoms with E-state index < -0.39 is 0 Å². The lowest BCUT2D eigenvalue weighted by Gasteiger charge is -2.32. The van der Waals surface area contributed by atoms with Crippen LogP contribution in [0, 0.1) is 5.92 Å². The van der Waals surface area contributed by atoms with Crippen LogP contribution in [0.2, 0.25) is 0 Å². The van der Waals surface area contributed by atoms with Gasteiger partial charge in [-0.25, -0.2) is 0 Å². The van der Waals surface area contributed by atoms with Gasteiger partial charge < -0.3 is 9.84 Å². The van der Waals surface area contributed by atoms with Crippen molar-refractivity contribution in [3.05, 3.63) is 0 Å². The fourth-order valence-corrected chi connectivity index (χ4v) is 2.12. The second kappa shape index (κ2) is 4.83. The molecule has 0 amide bonds. The van der Waals surface area contributed by atoms with Crippen LogP contribution in [0.15, 0.2) is 0 Å². The number of rotatable bonds is 3. The Balaban J connectivity index is 2.33. The van der Waals surface area contributed by atoms with E-state index in [1.807, 2.05) is 0 Å². The van der Waals surface area contributed by atoms with E-state index in [1.165, 1.54) is 19.3 Å². The molecule has 1 saturated carbocycles. The fraction of sp³-hybridized carbons (Fsp3) is 1.00. The third kappa shape index (κ3) is 2.46. The molecule has 0 aromatic rings. The normalized spacial score (nSPS) is 36.8. The molecular weight excluding hydrogens is 152 g/mol. The molecule has 0 aliphatic heterocycles. The van der Waals surface area contributed by atoms with Gasteiger partial charge in [-0.2, -0.15) is 0 Å². The van der Waals surface area contributed by atoms with Crippen LogP contribution >= 0.6 is 0 Å². The maximum Gasteiger partial charge on any atom is 0.0832 e. The molecule has 0 bridgehead atoms. The lowest BCUT2D eigenvalue weighted by Crippen LogP contribution is -2.35. The highest BCUT2D eigenvalue weighted by Gasteiger charge is 2.28. The SMILES string of the molecule is CCC[C@@H]1CC[C@@H](O)[C@@H](OC)C1. The van der Waals surface area contributed by atoms with Crippen molar-refractivity contribution in [3.63, 3.8) is 0 Å². The molecule has 0 saturated heterocycles. The predicted molar refractivity (Wildman–Crippen MR) is 49.1 cm³/mol. The maximum absolute atomic E-state index is 9.53. The van der Waals surface area contributed by atoms with Gasteiger partial charge in [0.25, 0.3) is 0 Å². The van der Waals surface area contributed by atoms with Crippen LogP contribution in [0.25, 0.3) is 0 Å². The number of aliphatic hydroxyl groups is 1. The van der Waals surface area contributed by atoms with Crippen LogP contribution in [0.4, 0.5) is 0 Å². The highest BCUT2D eigenvalue weighted by atomic mass is 16.5. The highest BCUT2D eigenvalue weighted by Crippen LogP contribution is 2.29. The van der Waals surface area contributed by atoms with Gasteiger partial charge in [-0.15, -0.1) is 0 Å². The summed E-state index contributed by atoms with van der Waals surface area (Å²) >= 11 is 0. The molecule has 12 heavy (non-hydrogen) atoms. The van der Waals surface area contributed by atoms with Crippen LogP contribution in [-0.2, 0) is 4.74 Å². The summed E-state index contributed by atoms with van der Waals surface area (Å²) in [5, 5.41) is 9.53. The average Bonchev–Trinajstić information content (AvgIpc) is 2.09. The Labute approximate surface area is 74.9 Å². The van der Waals surface area contributed by atoms with Gasteiger partial charge in [-0.1, -0.05) is 19.8 Å². The molecule has 1 rings (SSSR count). The molecule has 3 atom stereocenters. The smallest absolute Gasteiger partial charge is 0.0832 e. The molecule has 0 unspecified atom stereocenters. The van der Waals surface area contributed by atoms with Crippen molar-refractivity contribution < 1.29 is 9.84 Å². The van der Waals surface area contributed by atoms with Crippen molar-refractivity contribution >= 4 is 0 Å². The van der Waals surface area contributed by atoms with E-state index >= 15 is 0 Å². The summed E-state index contributed by atoms with van der Waals surface area (Å²) < 4.78 is 5.23. The summed E-state index contributed by atoms with van der Waals surface area (Å²) in [7, 11) is 1.70. The lowest BCUT2D eigenvalue weighted by atomic mass is 9.83. The number of methoxy groups -OCH3 is 1. The molecule has 72 valence electrons. The molecule has 0 aromatic carbocycles. The van der Waals surface area contributed by atoms with Crippen molar-refractivity contribution in [2.45, 2.75) is 51.2 Å². The summed E-state index contributed by atoms with van der Waals surface area (Å²) in [5.74, 6) is 0.781. The van der Waals surface area contributed by atoms with Gasteiger partial charge in [-0.3, -0.25) is 0 Å². The van der Waals surface area contributed by atoms with Crippen LogP contribution in [0.1, 0.15) is 39.0 Å². The zero-order chi connectivity index (χ0) is 8.97. The molecule has 0 aromatic heterocycles. The summed E-state index contributed by atoms with van der Waals surface area (Å²) in [6.07, 6.45) is 5.55. The zero-order valence-corrected chi connectivity index (χ0v) is 8.12. The molecular formula is C10H20O2. The van der Waals surface area contributed by atoms with Crippen molar-refractivity contribution in [1.82, 2.24) is 0 Å². The Bertz CT molecular complexity index is 125. The number of hydrogen-bond acceptors (Lipinski definition) is 2. The van der Waals surface area contributed by atoms with Crippen LogP contribution in [0.3, 0.4) is 0 Å². The Hall–Kier alpha value is -0.0800. The fourth-order valence-electron chi connectivity index (χ4n) is 2.12. The first-order chi connectivity index (χ1) is 5.77. The van der Waals surface area contributed by atoms with E-state index in [2.05, 4.69) is 6.92 Å². The van der Waals surface area contributed by atoms with Gasteiger partial charge in [0, 0.05) is 7.11 Å². The van der Waals surface area contributed by atoms with Crippen molar-refractivity contribution in [3.8, 4) is 0 Å². The van der Waals surface area contributed by atoms with Gasteiger partial charge in [0.1, 0.15) is 0 Å². The molecule has 0 radical (unpaired) electrons. The summed E-state index contributed by atoms with van der Waals surface area (Å²) in [6.45, 7) is 2.22. The zero-order valence-electron chi connectivity index (χ0n) is 8.12. The van der Waals surface area contributed by atoms with Crippen LogP contribution < -0.4 is 0 Å². The molecule has 0 spiro atoms. The van der Waals surface area contributed by atoms with Gasteiger partial charge in [0.2, 0.25) is 0 Å². The van der Waals surface area contributed by atoms with Crippen molar-refractivity contribution in [2.75, 3.05) is 7.11 Å². The molecule has 2 heteroatoms. The Morgan fingerprint density at radius 3 is 2.75 bits per heavy atom. The summed E-state index contributed by atoms with van der Waals surface area (Å²) in [5.41, 5.74) is 0. The van der Waals surface area contributed by atoms with E-state index in [9.17, 15) is 5.11 Å².